The maximum Gasteiger partial charge on any atom is 0.293 e. The van der Waals surface area contributed by atoms with Crippen LogP contribution >= 0.6 is 0 Å². The molecule has 10 heteroatoms. The quantitative estimate of drug-likeness (QED) is 0.142. The number of rotatable bonds is 5. The Morgan fingerprint density at radius 3 is 1.93 bits per heavy atom. The molecule has 1 saturated heterocycles. The minimum atomic E-state index is -1.17. The second-order valence-electron chi connectivity index (χ2n) is 10.3. The van der Waals surface area contributed by atoms with E-state index >= 15 is 0 Å². The van der Waals surface area contributed by atoms with E-state index in [0.29, 0.717) is 5.69 Å². The van der Waals surface area contributed by atoms with Crippen molar-refractivity contribution < 1.29 is 19.4 Å². The molecule has 0 radical (unpaired) electrons. The van der Waals surface area contributed by atoms with Crippen molar-refractivity contribution in [3.05, 3.63) is 140 Å². The lowest BCUT2D eigenvalue weighted by atomic mass is 9.47. The molecular formula is C31H20N4O6. The van der Waals surface area contributed by atoms with Crippen molar-refractivity contribution in [2.75, 3.05) is 4.90 Å². The summed E-state index contributed by atoms with van der Waals surface area (Å²) in [6.45, 7) is 0. The first-order valence-corrected chi connectivity index (χ1v) is 12.9. The Labute approximate surface area is 232 Å². The summed E-state index contributed by atoms with van der Waals surface area (Å²) in [5.74, 6) is -3.16. The van der Waals surface area contributed by atoms with Crippen molar-refractivity contribution in [1.29, 1.82) is 0 Å². The van der Waals surface area contributed by atoms with Gasteiger partial charge in [-0.05, 0) is 40.5 Å². The van der Waals surface area contributed by atoms with Gasteiger partial charge >= 0.3 is 0 Å². The predicted molar refractivity (Wildman–Crippen MR) is 149 cm³/mol. The van der Waals surface area contributed by atoms with Crippen molar-refractivity contribution >= 4 is 40.8 Å². The Kier molecular flexibility index (Phi) is 5.23. The van der Waals surface area contributed by atoms with E-state index in [2.05, 4.69) is 0 Å². The Morgan fingerprint density at radius 2 is 1.32 bits per heavy atom. The number of nitro benzene ring substituents is 2. The summed E-state index contributed by atoms with van der Waals surface area (Å²) in [5.41, 5.74) is 2.27. The number of aliphatic imine (C=N–C) groups is 1. The molecule has 4 aromatic carbocycles. The number of amides is 2. The smallest absolute Gasteiger partial charge is 0.274 e. The van der Waals surface area contributed by atoms with Crippen LogP contribution in [0.15, 0.2) is 102 Å². The highest BCUT2D eigenvalue weighted by atomic mass is 16.6. The lowest BCUT2D eigenvalue weighted by Crippen LogP contribution is -2.54. The number of carbonyl (C=O) groups is 2. The number of carbonyl (C=O) groups excluding carboxylic acids is 2. The number of hydrogen-bond acceptors (Lipinski definition) is 7. The summed E-state index contributed by atoms with van der Waals surface area (Å²) in [4.78, 5) is 56.3. The van der Waals surface area contributed by atoms with Crippen LogP contribution < -0.4 is 4.90 Å². The highest BCUT2D eigenvalue weighted by molar-refractivity contribution is 6.25. The molecule has 0 aromatic heterocycles. The number of imide groups is 1. The second-order valence-corrected chi connectivity index (χ2v) is 10.3. The first-order valence-electron chi connectivity index (χ1n) is 12.9. The van der Waals surface area contributed by atoms with E-state index < -0.39 is 44.8 Å². The SMILES string of the molecule is O=C1[C@@H]2C3c4ccccc4C(C=Nc4ccc([N+](=O)[O-])cc4)(c4ccccc43)[C@@H]2C(=O)N1c1ccccc1[N+](=O)[O-]. The molecule has 1 aliphatic heterocycles. The van der Waals surface area contributed by atoms with Gasteiger partial charge in [-0.3, -0.25) is 34.8 Å². The number of non-ortho nitro benzene ring substituents is 1. The number of para-hydroxylation sites is 2. The summed E-state index contributed by atoms with van der Waals surface area (Å²) in [5, 5.41) is 23.0. The van der Waals surface area contributed by atoms with Crippen molar-refractivity contribution in [1.82, 2.24) is 0 Å². The Morgan fingerprint density at radius 1 is 0.732 bits per heavy atom. The van der Waals surface area contributed by atoms with Crippen molar-refractivity contribution in [2.45, 2.75) is 11.3 Å². The molecule has 0 saturated carbocycles. The molecule has 0 spiro atoms. The third-order valence-electron chi connectivity index (χ3n) is 8.48. The molecule has 1 fully saturated rings. The van der Waals surface area contributed by atoms with Gasteiger partial charge in [0.15, 0.2) is 0 Å². The van der Waals surface area contributed by atoms with Crippen LogP contribution in [0.3, 0.4) is 0 Å². The highest BCUT2D eigenvalue weighted by Gasteiger charge is 2.68. The fourth-order valence-electron chi connectivity index (χ4n) is 6.93. The largest absolute Gasteiger partial charge is 0.293 e. The van der Waals surface area contributed by atoms with Crippen LogP contribution in [-0.2, 0) is 15.0 Å². The van der Waals surface area contributed by atoms with Crippen LogP contribution in [0.4, 0.5) is 22.7 Å². The van der Waals surface area contributed by atoms with E-state index in [4.69, 9.17) is 4.99 Å². The Bertz CT molecular complexity index is 1790. The van der Waals surface area contributed by atoms with Gasteiger partial charge in [0.25, 0.3) is 11.4 Å². The summed E-state index contributed by atoms with van der Waals surface area (Å²) >= 11 is 0. The fraction of sp³-hybridized carbons (Fsp3) is 0.129. The standard InChI is InChI=1S/C31H20N4O6/c36-29-27-26-20-7-1-3-9-22(20)31(23-10-4-2-8-21(23)26,17-32-18-13-15-19(16-14-18)34(38)39)28(27)30(37)33(29)24-11-5-6-12-25(24)35(40)41/h1-17,26-28H/t26?,27-,28+,31?/m1/s1. The van der Waals surface area contributed by atoms with Crippen LogP contribution in [0.25, 0.3) is 0 Å². The zero-order valence-corrected chi connectivity index (χ0v) is 21.3. The van der Waals surface area contributed by atoms with E-state index in [1.807, 2.05) is 48.5 Å². The molecule has 2 atom stereocenters. The molecule has 0 unspecified atom stereocenters. The van der Waals surface area contributed by atoms with Crippen molar-refractivity contribution in [3.63, 3.8) is 0 Å². The number of benzene rings is 4. The zero-order chi connectivity index (χ0) is 28.5. The van der Waals surface area contributed by atoms with Crippen molar-refractivity contribution in [2.24, 2.45) is 16.8 Å². The molecule has 2 bridgehead atoms. The molecule has 1 heterocycles. The lowest BCUT2D eigenvalue weighted by Gasteiger charge is -2.52. The number of hydrogen-bond donors (Lipinski definition) is 0. The fourth-order valence-corrected chi connectivity index (χ4v) is 6.93. The molecule has 8 rings (SSSR count). The molecule has 0 N–H and O–H groups in total. The maximum absolute atomic E-state index is 14.4. The molecule has 4 aromatic rings. The van der Waals surface area contributed by atoms with E-state index in [1.165, 1.54) is 42.5 Å². The zero-order valence-electron chi connectivity index (χ0n) is 21.3. The van der Waals surface area contributed by atoms with Crippen LogP contribution in [0.1, 0.15) is 28.2 Å². The maximum atomic E-state index is 14.4. The Hall–Kier alpha value is -5.51. The summed E-state index contributed by atoms with van der Waals surface area (Å²) < 4.78 is 0. The van der Waals surface area contributed by atoms with E-state index in [0.717, 1.165) is 27.2 Å². The van der Waals surface area contributed by atoms with Gasteiger partial charge in [-0.2, -0.15) is 0 Å². The van der Waals surface area contributed by atoms with E-state index in [1.54, 1.807) is 12.3 Å². The second kappa shape index (κ2) is 8.75. The topological polar surface area (TPSA) is 136 Å². The molecule has 10 nitrogen and oxygen atoms in total. The third-order valence-corrected chi connectivity index (χ3v) is 8.48. The van der Waals surface area contributed by atoms with Crippen molar-refractivity contribution in [3.8, 4) is 0 Å². The van der Waals surface area contributed by atoms with E-state index in [9.17, 15) is 29.8 Å². The average molecular weight is 545 g/mol. The van der Waals surface area contributed by atoms with Gasteiger partial charge < -0.3 is 0 Å². The van der Waals surface area contributed by atoms with Gasteiger partial charge in [0.2, 0.25) is 11.8 Å². The van der Waals surface area contributed by atoms with Gasteiger partial charge in [-0.25, -0.2) is 4.90 Å². The lowest BCUT2D eigenvalue weighted by molar-refractivity contribution is -0.384. The summed E-state index contributed by atoms with van der Waals surface area (Å²) in [6.07, 6.45) is 1.67. The molecule has 200 valence electrons. The Balaban J connectivity index is 1.47. The molecule has 3 aliphatic carbocycles. The molecule has 4 aliphatic rings. The minimum absolute atomic E-state index is 0.0585. The number of anilines is 1. The van der Waals surface area contributed by atoms with Gasteiger partial charge in [0.05, 0.1) is 32.8 Å². The van der Waals surface area contributed by atoms with Crippen LogP contribution in [0, 0.1) is 32.1 Å². The summed E-state index contributed by atoms with van der Waals surface area (Å²) in [7, 11) is 0. The number of nitro groups is 2. The average Bonchev–Trinajstić information content (AvgIpc) is 3.26. The molecule has 2 amide bonds. The monoisotopic (exact) mass is 544 g/mol. The van der Waals surface area contributed by atoms with Gasteiger partial charge in [-0.1, -0.05) is 60.7 Å². The van der Waals surface area contributed by atoms with Crippen LogP contribution in [-0.4, -0.2) is 27.9 Å². The molecular weight excluding hydrogens is 524 g/mol. The number of nitrogens with zero attached hydrogens (tertiary/aromatic N) is 4. The van der Waals surface area contributed by atoms with Gasteiger partial charge in [0, 0.05) is 30.3 Å². The first kappa shape index (κ1) is 24.5. The highest BCUT2D eigenvalue weighted by Crippen LogP contribution is 2.64. The first-order chi connectivity index (χ1) is 19.8. The van der Waals surface area contributed by atoms with Gasteiger partial charge in [0.1, 0.15) is 5.69 Å². The minimum Gasteiger partial charge on any atom is -0.274 e. The normalized spacial score (nSPS) is 23.8. The van der Waals surface area contributed by atoms with Crippen LogP contribution in [0.5, 0.6) is 0 Å². The predicted octanol–water partition coefficient (Wildman–Crippen LogP) is 5.46. The summed E-state index contributed by atoms with van der Waals surface area (Å²) in [6, 6.07) is 26.8. The van der Waals surface area contributed by atoms with E-state index in [-0.39, 0.29) is 17.1 Å². The van der Waals surface area contributed by atoms with Crippen LogP contribution in [0.2, 0.25) is 0 Å². The molecule has 41 heavy (non-hydrogen) atoms. The van der Waals surface area contributed by atoms with Gasteiger partial charge in [-0.15, -0.1) is 0 Å². The third kappa shape index (κ3) is 3.27.